The lowest BCUT2D eigenvalue weighted by atomic mass is 9.49. The van der Waals surface area contributed by atoms with Crippen molar-refractivity contribution in [2.75, 3.05) is 19.6 Å². The molecule has 4 saturated carbocycles. The first-order chi connectivity index (χ1) is 17.0. The van der Waals surface area contributed by atoms with E-state index in [-0.39, 0.29) is 18.3 Å². The molecule has 1 aliphatic heterocycles. The minimum Gasteiger partial charge on any atom is -0.480 e. The van der Waals surface area contributed by atoms with Crippen LogP contribution in [0.5, 0.6) is 0 Å². The Balaban J connectivity index is 0.00000304. The van der Waals surface area contributed by atoms with Crippen LogP contribution in [-0.4, -0.2) is 52.0 Å². The number of carbonyl (C=O) groups is 2. The Hall–Kier alpha value is -1.66. The number of carbonyl (C=O) groups excluding carboxylic acids is 1. The number of halogens is 1. The van der Waals surface area contributed by atoms with Gasteiger partial charge in [0.15, 0.2) is 0 Å². The van der Waals surface area contributed by atoms with E-state index in [9.17, 15) is 14.7 Å². The van der Waals surface area contributed by atoms with E-state index in [1.165, 1.54) is 44.1 Å². The maximum Gasteiger partial charge on any atom is 0.324 e. The normalized spacial score (nSPS) is 32.8. The number of hydrogen-bond donors (Lipinski definition) is 2. The average molecular weight is 518 g/mol. The summed E-state index contributed by atoms with van der Waals surface area (Å²) in [6.07, 6.45) is 18.4. The summed E-state index contributed by atoms with van der Waals surface area (Å²) in [5.74, 6) is 2.31. The lowest BCUT2D eigenvalue weighted by Crippen LogP contribution is -2.51. The Morgan fingerprint density at radius 2 is 1.69 bits per heavy atom. The Morgan fingerprint density at radius 1 is 1.03 bits per heavy atom. The van der Waals surface area contributed by atoms with Gasteiger partial charge in [-0.05, 0) is 124 Å². The van der Waals surface area contributed by atoms with E-state index in [4.69, 9.17) is 0 Å². The average Bonchev–Trinajstić information content (AvgIpc) is 3.24. The van der Waals surface area contributed by atoms with E-state index in [2.05, 4.69) is 15.2 Å². The molecule has 4 aliphatic carbocycles. The molecule has 1 saturated heterocycles. The van der Waals surface area contributed by atoms with Gasteiger partial charge in [0.1, 0.15) is 5.54 Å². The zero-order chi connectivity index (χ0) is 24.3. The number of rotatable bonds is 12. The minimum atomic E-state index is -0.776. The van der Waals surface area contributed by atoms with Crippen molar-refractivity contribution in [1.29, 1.82) is 0 Å². The highest BCUT2D eigenvalue weighted by Crippen LogP contribution is 2.61. The first-order valence-electron chi connectivity index (χ1n) is 14.1. The standard InChI is InChI=1S/C29H43N3O3.ClH/c33-26(31-13-10-28-19-23-16-24(20-28)18-25(17-23)21-28)4-1-2-8-29(27(34)35)9-3-14-32(29)15-7-22-5-11-30-12-6-22;/h5-6,11-12,23-25H,1-4,7-10,13-21H2,(H,31,33)(H,34,35);1H/t23?,24?,25?,28?,29-;/m1./s1. The molecule has 0 aromatic carbocycles. The van der Waals surface area contributed by atoms with Gasteiger partial charge in [-0.2, -0.15) is 0 Å². The molecule has 7 heteroatoms. The highest BCUT2D eigenvalue weighted by atomic mass is 35.5. The number of nitrogens with zero attached hydrogens (tertiary/aromatic N) is 2. The van der Waals surface area contributed by atoms with E-state index >= 15 is 0 Å². The topological polar surface area (TPSA) is 82.5 Å². The van der Waals surface area contributed by atoms with Gasteiger partial charge >= 0.3 is 5.97 Å². The molecule has 6 nitrogen and oxygen atoms in total. The zero-order valence-corrected chi connectivity index (χ0v) is 22.4. The number of amides is 1. The maximum atomic E-state index is 12.5. The van der Waals surface area contributed by atoms with Gasteiger partial charge in [0.25, 0.3) is 0 Å². The number of hydrogen-bond acceptors (Lipinski definition) is 4. The summed E-state index contributed by atoms with van der Waals surface area (Å²) in [6, 6.07) is 4.00. The Labute approximate surface area is 222 Å². The second-order valence-electron chi connectivity index (χ2n) is 12.3. The number of nitrogens with one attached hydrogen (secondary N) is 1. The van der Waals surface area contributed by atoms with Gasteiger partial charge in [0, 0.05) is 31.9 Å². The molecule has 4 bridgehead atoms. The molecule has 0 unspecified atom stereocenters. The highest BCUT2D eigenvalue weighted by Gasteiger charge is 2.50. The molecule has 2 heterocycles. The van der Waals surface area contributed by atoms with Crippen LogP contribution in [0.15, 0.2) is 24.5 Å². The fourth-order valence-electron chi connectivity index (χ4n) is 8.56. The number of unbranched alkanes of at least 4 members (excludes halogenated alkanes) is 1. The van der Waals surface area contributed by atoms with Crippen molar-refractivity contribution in [1.82, 2.24) is 15.2 Å². The molecule has 1 aromatic heterocycles. The van der Waals surface area contributed by atoms with Crippen LogP contribution in [0.2, 0.25) is 0 Å². The van der Waals surface area contributed by atoms with E-state index in [1.807, 2.05) is 12.1 Å². The molecule has 200 valence electrons. The lowest BCUT2D eigenvalue weighted by Gasteiger charge is -2.57. The van der Waals surface area contributed by atoms with E-state index in [0.717, 1.165) is 69.5 Å². The van der Waals surface area contributed by atoms with Crippen LogP contribution in [0.25, 0.3) is 0 Å². The number of carboxylic acids is 1. The summed E-state index contributed by atoms with van der Waals surface area (Å²) in [5, 5.41) is 13.3. The van der Waals surface area contributed by atoms with Crippen molar-refractivity contribution in [3.8, 4) is 0 Å². The molecule has 36 heavy (non-hydrogen) atoms. The highest BCUT2D eigenvalue weighted by molar-refractivity contribution is 5.85. The van der Waals surface area contributed by atoms with Crippen molar-refractivity contribution >= 4 is 24.3 Å². The van der Waals surface area contributed by atoms with Gasteiger partial charge in [-0.1, -0.05) is 6.42 Å². The fourth-order valence-corrected chi connectivity index (χ4v) is 8.56. The molecule has 2 N–H and O–H groups in total. The van der Waals surface area contributed by atoms with Crippen LogP contribution < -0.4 is 5.32 Å². The van der Waals surface area contributed by atoms with Crippen LogP contribution >= 0.6 is 12.4 Å². The number of aromatic nitrogens is 1. The molecule has 5 fully saturated rings. The van der Waals surface area contributed by atoms with Crippen LogP contribution in [0.1, 0.15) is 89.0 Å². The smallest absolute Gasteiger partial charge is 0.324 e. The Bertz CT molecular complexity index is 860. The van der Waals surface area contributed by atoms with Crippen LogP contribution in [0.3, 0.4) is 0 Å². The molecule has 6 rings (SSSR count). The monoisotopic (exact) mass is 517 g/mol. The summed E-state index contributed by atoms with van der Waals surface area (Å²) < 4.78 is 0. The maximum absolute atomic E-state index is 12.5. The molecule has 1 aromatic rings. The summed E-state index contributed by atoms with van der Waals surface area (Å²) in [4.78, 5) is 31.1. The van der Waals surface area contributed by atoms with Crippen molar-refractivity contribution < 1.29 is 14.7 Å². The van der Waals surface area contributed by atoms with E-state index in [0.29, 0.717) is 24.7 Å². The van der Waals surface area contributed by atoms with E-state index in [1.54, 1.807) is 12.4 Å². The summed E-state index contributed by atoms with van der Waals surface area (Å²) in [5.41, 5.74) is 0.927. The van der Waals surface area contributed by atoms with Gasteiger partial charge in [0.2, 0.25) is 5.91 Å². The van der Waals surface area contributed by atoms with Crippen molar-refractivity contribution in [3.63, 3.8) is 0 Å². The van der Waals surface area contributed by atoms with Gasteiger partial charge in [-0.15, -0.1) is 12.4 Å². The Morgan fingerprint density at radius 3 is 2.33 bits per heavy atom. The molecule has 5 aliphatic rings. The Kier molecular flexibility index (Phi) is 8.98. The minimum absolute atomic E-state index is 0. The zero-order valence-electron chi connectivity index (χ0n) is 21.6. The van der Waals surface area contributed by atoms with Crippen molar-refractivity contribution in [2.24, 2.45) is 23.2 Å². The quantitative estimate of drug-likeness (QED) is 0.370. The lowest BCUT2D eigenvalue weighted by molar-refractivity contribution is -0.150. The molecule has 1 atom stereocenters. The van der Waals surface area contributed by atoms with Crippen LogP contribution in [-0.2, 0) is 16.0 Å². The number of carboxylic acid groups (broad SMARTS) is 1. The van der Waals surface area contributed by atoms with E-state index < -0.39 is 11.5 Å². The molecule has 0 spiro atoms. The van der Waals surface area contributed by atoms with Gasteiger partial charge in [-0.3, -0.25) is 19.5 Å². The summed E-state index contributed by atoms with van der Waals surface area (Å²) in [7, 11) is 0. The number of aliphatic carboxylic acids is 1. The third-order valence-electron chi connectivity index (χ3n) is 9.83. The van der Waals surface area contributed by atoms with Crippen molar-refractivity contribution in [3.05, 3.63) is 30.1 Å². The van der Waals surface area contributed by atoms with Crippen LogP contribution in [0.4, 0.5) is 0 Å². The predicted molar refractivity (Wildman–Crippen MR) is 143 cm³/mol. The summed E-state index contributed by atoms with van der Waals surface area (Å²) in [6.45, 7) is 2.40. The molecule has 0 radical (unpaired) electrons. The molecular weight excluding hydrogens is 474 g/mol. The predicted octanol–water partition coefficient (Wildman–Crippen LogP) is 5.25. The molecule has 1 amide bonds. The van der Waals surface area contributed by atoms with Gasteiger partial charge in [-0.25, -0.2) is 0 Å². The third kappa shape index (κ3) is 6.07. The number of likely N-dealkylation sites (tertiary alicyclic amines) is 1. The first kappa shape index (κ1) is 27.4. The fraction of sp³-hybridized carbons (Fsp3) is 0.759. The third-order valence-corrected chi connectivity index (χ3v) is 9.83. The van der Waals surface area contributed by atoms with Crippen LogP contribution in [0, 0.1) is 23.2 Å². The first-order valence-corrected chi connectivity index (χ1v) is 14.1. The SMILES string of the molecule is Cl.O=C(CCCC[C@]1(C(=O)O)CCCN1CCc1ccncc1)NCCC12CC3CC(CC(C3)C1)C2. The second kappa shape index (κ2) is 11.8. The second-order valence-corrected chi connectivity index (χ2v) is 12.3. The number of pyridine rings is 1. The van der Waals surface area contributed by atoms with Gasteiger partial charge < -0.3 is 10.4 Å². The largest absolute Gasteiger partial charge is 0.480 e. The van der Waals surface area contributed by atoms with Crippen molar-refractivity contribution in [2.45, 2.75) is 95.4 Å². The van der Waals surface area contributed by atoms with Gasteiger partial charge in [0.05, 0.1) is 0 Å². The molecular formula is C29H44ClN3O3. The summed E-state index contributed by atoms with van der Waals surface area (Å²) >= 11 is 0.